The highest BCUT2D eigenvalue weighted by molar-refractivity contribution is 5.86. The molecule has 0 saturated carbocycles. The van der Waals surface area contributed by atoms with Gasteiger partial charge in [-0.15, -0.1) is 0 Å². The molecule has 1 heterocycles. The molecule has 1 aliphatic rings. The summed E-state index contributed by atoms with van der Waals surface area (Å²) >= 11 is 0. The summed E-state index contributed by atoms with van der Waals surface area (Å²) in [6, 6.07) is 7.74. The van der Waals surface area contributed by atoms with Crippen LogP contribution in [0.15, 0.2) is 24.3 Å². The topological polar surface area (TPSA) is 76.2 Å². The Hall–Kier alpha value is -2.57. The van der Waals surface area contributed by atoms with Crippen LogP contribution < -0.4 is 4.74 Å². The van der Waals surface area contributed by atoms with E-state index in [2.05, 4.69) is 0 Å². The maximum absolute atomic E-state index is 12.6. The van der Waals surface area contributed by atoms with Crippen LogP contribution in [0.3, 0.4) is 0 Å². The molecule has 1 saturated heterocycles. The molecule has 0 spiro atoms. The van der Waals surface area contributed by atoms with Gasteiger partial charge in [-0.25, -0.2) is 0 Å². The number of nitrogens with zero attached hydrogens (tertiary/aromatic N) is 2. The molecule has 1 atom stereocenters. The molecule has 2 rings (SSSR count). The van der Waals surface area contributed by atoms with Crippen molar-refractivity contribution in [2.75, 3.05) is 40.4 Å². The second-order valence-electron chi connectivity index (χ2n) is 6.67. The SMILES string of the molecule is CCOC(=O)CN(C)C(=O)C1CCC(=O)N(CCc2ccc(OC)cc2)C1. The summed E-state index contributed by atoms with van der Waals surface area (Å²) in [6.07, 6.45) is 1.59. The van der Waals surface area contributed by atoms with E-state index in [1.165, 1.54) is 4.90 Å². The molecular formula is C20H28N2O5. The van der Waals surface area contributed by atoms with Gasteiger partial charge in [0.25, 0.3) is 0 Å². The van der Waals surface area contributed by atoms with Gasteiger partial charge in [0, 0.05) is 26.6 Å². The predicted octanol–water partition coefficient (Wildman–Crippen LogP) is 1.50. The van der Waals surface area contributed by atoms with Crippen LogP contribution in [0, 0.1) is 5.92 Å². The van der Waals surface area contributed by atoms with E-state index >= 15 is 0 Å². The molecule has 1 fully saturated rings. The number of likely N-dealkylation sites (N-methyl/N-ethyl adjacent to an activating group) is 1. The fourth-order valence-corrected chi connectivity index (χ4v) is 3.18. The van der Waals surface area contributed by atoms with E-state index in [-0.39, 0.29) is 30.9 Å². The summed E-state index contributed by atoms with van der Waals surface area (Å²) in [4.78, 5) is 39.5. The summed E-state index contributed by atoms with van der Waals surface area (Å²) in [5.74, 6) is 0.0447. The Morgan fingerprint density at radius 2 is 1.96 bits per heavy atom. The number of amides is 2. The Kier molecular flexibility index (Phi) is 7.64. The summed E-state index contributed by atoms with van der Waals surface area (Å²) in [5, 5.41) is 0. The fraction of sp³-hybridized carbons (Fsp3) is 0.550. The third-order valence-corrected chi connectivity index (χ3v) is 4.73. The molecule has 0 radical (unpaired) electrons. The first kappa shape index (κ1) is 20.7. The van der Waals surface area contributed by atoms with Crippen LogP contribution in [0.5, 0.6) is 5.75 Å². The van der Waals surface area contributed by atoms with Gasteiger partial charge in [-0.3, -0.25) is 14.4 Å². The largest absolute Gasteiger partial charge is 0.497 e. The number of benzene rings is 1. The Morgan fingerprint density at radius 3 is 2.59 bits per heavy atom. The molecule has 7 nitrogen and oxygen atoms in total. The molecule has 2 amide bonds. The number of hydrogen-bond acceptors (Lipinski definition) is 5. The Balaban J connectivity index is 1.89. The normalized spacial score (nSPS) is 16.8. The number of carbonyl (C=O) groups excluding carboxylic acids is 3. The first-order chi connectivity index (χ1) is 12.9. The zero-order valence-corrected chi connectivity index (χ0v) is 16.3. The van der Waals surface area contributed by atoms with Gasteiger partial charge in [-0.2, -0.15) is 0 Å². The van der Waals surface area contributed by atoms with Crippen LogP contribution in [0.25, 0.3) is 0 Å². The van der Waals surface area contributed by atoms with Crippen molar-refractivity contribution in [2.24, 2.45) is 5.92 Å². The van der Waals surface area contributed by atoms with Crippen molar-refractivity contribution in [1.82, 2.24) is 9.80 Å². The Bertz CT molecular complexity index is 659. The smallest absolute Gasteiger partial charge is 0.325 e. The third kappa shape index (κ3) is 5.98. The maximum Gasteiger partial charge on any atom is 0.325 e. The van der Waals surface area contributed by atoms with Crippen molar-refractivity contribution in [2.45, 2.75) is 26.2 Å². The highest BCUT2D eigenvalue weighted by Crippen LogP contribution is 2.20. The molecule has 1 aliphatic heterocycles. The van der Waals surface area contributed by atoms with E-state index in [4.69, 9.17) is 9.47 Å². The van der Waals surface area contributed by atoms with Gasteiger partial charge in [0.05, 0.1) is 19.6 Å². The standard InChI is InChI=1S/C20H28N2O5/c1-4-27-19(24)14-21(2)20(25)16-7-10-18(23)22(13-16)12-11-15-5-8-17(26-3)9-6-15/h5-6,8-9,16H,4,7,10-14H2,1-3H3. The monoisotopic (exact) mass is 376 g/mol. The van der Waals surface area contributed by atoms with Gasteiger partial charge < -0.3 is 19.3 Å². The Labute approximate surface area is 160 Å². The molecule has 148 valence electrons. The zero-order valence-electron chi connectivity index (χ0n) is 16.3. The fourth-order valence-electron chi connectivity index (χ4n) is 3.18. The quantitative estimate of drug-likeness (QED) is 0.643. The number of piperidine rings is 1. The van der Waals surface area contributed by atoms with E-state index in [0.29, 0.717) is 25.9 Å². The van der Waals surface area contributed by atoms with Crippen molar-refractivity contribution in [3.63, 3.8) is 0 Å². The van der Waals surface area contributed by atoms with E-state index in [0.717, 1.165) is 17.7 Å². The minimum Gasteiger partial charge on any atom is -0.497 e. The van der Waals surface area contributed by atoms with Gasteiger partial charge in [0.2, 0.25) is 11.8 Å². The van der Waals surface area contributed by atoms with Crippen molar-refractivity contribution < 1.29 is 23.9 Å². The lowest BCUT2D eigenvalue weighted by Crippen LogP contribution is -2.47. The number of esters is 1. The summed E-state index contributed by atoms with van der Waals surface area (Å²) in [6.45, 7) is 2.91. The van der Waals surface area contributed by atoms with Crippen LogP contribution in [-0.2, 0) is 25.5 Å². The molecule has 0 bridgehead atoms. The summed E-state index contributed by atoms with van der Waals surface area (Å²) in [5.41, 5.74) is 1.11. The minimum atomic E-state index is -0.420. The first-order valence-electron chi connectivity index (χ1n) is 9.25. The van der Waals surface area contributed by atoms with Crippen LogP contribution in [0.4, 0.5) is 0 Å². The lowest BCUT2D eigenvalue weighted by atomic mass is 9.95. The highest BCUT2D eigenvalue weighted by atomic mass is 16.5. The molecule has 0 N–H and O–H groups in total. The first-order valence-corrected chi connectivity index (χ1v) is 9.25. The van der Waals surface area contributed by atoms with E-state index < -0.39 is 5.97 Å². The molecule has 27 heavy (non-hydrogen) atoms. The molecule has 0 aromatic heterocycles. The zero-order chi connectivity index (χ0) is 19.8. The lowest BCUT2D eigenvalue weighted by molar-refractivity contribution is -0.151. The molecule has 7 heteroatoms. The van der Waals surface area contributed by atoms with Gasteiger partial charge in [-0.05, 0) is 37.5 Å². The number of hydrogen-bond donors (Lipinski definition) is 0. The van der Waals surface area contributed by atoms with Crippen LogP contribution >= 0.6 is 0 Å². The van der Waals surface area contributed by atoms with Crippen LogP contribution in [0.2, 0.25) is 0 Å². The van der Waals surface area contributed by atoms with Crippen molar-refractivity contribution in [1.29, 1.82) is 0 Å². The van der Waals surface area contributed by atoms with E-state index in [9.17, 15) is 14.4 Å². The van der Waals surface area contributed by atoms with Gasteiger partial charge in [0.1, 0.15) is 12.3 Å². The van der Waals surface area contributed by atoms with Crippen molar-refractivity contribution >= 4 is 17.8 Å². The minimum absolute atomic E-state index is 0.0665. The van der Waals surface area contributed by atoms with Crippen molar-refractivity contribution in [3.05, 3.63) is 29.8 Å². The highest BCUT2D eigenvalue weighted by Gasteiger charge is 2.32. The number of methoxy groups -OCH3 is 1. The average Bonchev–Trinajstić information content (AvgIpc) is 2.67. The maximum atomic E-state index is 12.6. The lowest BCUT2D eigenvalue weighted by Gasteiger charge is -2.33. The summed E-state index contributed by atoms with van der Waals surface area (Å²) in [7, 11) is 3.22. The number of rotatable bonds is 8. The van der Waals surface area contributed by atoms with Crippen LogP contribution in [0.1, 0.15) is 25.3 Å². The second-order valence-corrected chi connectivity index (χ2v) is 6.67. The van der Waals surface area contributed by atoms with Crippen molar-refractivity contribution in [3.8, 4) is 5.75 Å². The molecule has 0 aliphatic carbocycles. The average molecular weight is 376 g/mol. The predicted molar refractivity (Wildman–Crippen MR) is 100 cm³/mol. The molecular weight excluding hydrogens is 348 g/mol. The third-order valence-electron chi connectivity index (χ3n) is 4.73. The van der Waals surface area contributed by atoms with Gasteiger partial charge >= 0.3 is 5.97 Å². The van der Waals surface area contributed by atoms with Gasteiger partial charge in [0.15, 0.2) is 0 Å². The van der Waals surface area contributed by atoms with Gasteiger partial charge in [-0.1, -0.05) is 12.1 Å². The number of likely N-dealkylation sites (tertiary alicyclic amines) is 1. The molecule has 1 aromatic rings. The number of ether oxygens (including phenoxy) is 2. The summed E-state index contributed by atoms with van der Waals surface area (Å²) < 4.78 is 10.0. The number of carbonyl (C=O) groups is 3. The second kappa shape index (κ2) is 9.94. The van der Waals surface area contributed by atoms with E-state index in [1.54, 1.807) is 26.0 Å². The van der Waals surface area contributed by atoms with E-state index in [1.807, 2.05) is 24.3 Å². The molecule has 1 aromatic carbocycles. The van der Waals surface area contributed by atoms with Crippen LogP contribution in [-0.4, -0.2) is 68.0 Å². The molecule has 1 unspecified atom stereocenters. The Morgan fingerprint density at radius 1 is 1.26 bits per heavy atom.